The SMILES string of the molecule is CN(C)CC(C)(O)CNC1CCN(CCC(F)(F)F)CC1. The lowest BCUT2D eigenvalue weighted by Crippen LogP contribution is -2.51. The van der Waals surface area contributed by atoms with Crippen molar-refractivity contribution in [3.05, 3.63) is 0 Å². The van der Waals surface area contributed by atoms with E-state index in [4.69, 9.17) is 0 Å². The molecule has 2 N–H and O–H groups in total. The first-order valence-corrected chi connectivity index (χ1v) is 7.47. The molecule has 1 aliphatic heterocycles. The summed E-state index contributed by atoms with van der Waals surface area (Å²) in [5, 5.41) is 13.5. The molecular weight excluding hydrogens is 283 g/mol. The van der Waals surface area contributed by atoms with E-state index in [1.807, 2.05) is 23.9 Å². The second kappa shape index (κ2) is 7.76. The van der Waals surface area contributed by atoms with E-state index < -0.39 is 18.2 Å². The quantitative estimate of drug-likeness (QED) is 0.743. The normalized spacial score (nSPS) is 21.7. The number of aliphatic hydroxyl groups is 1. The first-order valence-electron chi connectivity index (χ1n) is 7.47. The number of hydrogen-bond donors (Lipinski definition) is 2. The average molecular weight is 311 g/mol. The maximum atomic E-state index is 12.2. The molecule has 1 saturated heterocycles. The molecule has 0 aromatic carbocycles. The summed E-state index contributed by atoms with van der Waals surface area (Å²) in [6.45, 7) is 4.32. The Morgan fingerprint density at radius 1 is 1.24 bits per heavy atom. The third-order valence-corrected chi connectivity index (χ3v) is 3.73. The van der Waals surface area contributed by atoms with Crippen molar-refractivity contribution >= 4 is 0 Å². The fourth-order valence-corrected chi connectivity index (χ4v) is 2.75. The summed E-state index contributed by atoms with van der Waals surface area (Å²) >= 11 is 0. The molecule has 7 heteroatoms. The van der Waals surface area contributed by atoms with Gasteiger partial charge in [0.25, 0.3) is 0 Å². The number of nitrogens with one attached hydrogen (secondary N) is 1. The van der Waals surface area contributed by atoms with E-state index in [1.54, 1.807) is 6.92 Å². The molecule has 0 aliphatic carbocycles. The van der Waals surface area contributed by atoms with E-state index in [1.165, 1.54) is 0 Å². The van der Waals surface area contributed by atoms with Gasteiger partial charge in [-0.1, -0.05) is 0 Å². The number of hydrogen-bond acceptors (Lipinski definition) is 4. The molecule has 1 fully saturated rings. The topological polar surface area (TPSA) is 38.7 Å². The summed E-state index contributed by atoms with van der Waals surface area (Å²) in [4.78, 5) is 3.80. The van der Waals surface area contributed by atoms with Crippen molar-refractivity contribution in [1.82, 2.24) is 15.1 Å². The van der Waals surface area contributed by atoms with Gasteiger partial charge in [0.2, 0.25) is 0 Å². The van der Waals surface area contributed by atoms with E-state index in [0.29, 0.717) is 26.2 Å². The van der Waals surface area contributed by atoms with Crippen molar-refractivity contribution in [2.45, 2.75) is 44.0 Å². The summed E-state index contributed by atoms with van der Waals surface area (Å²) in [7, 11) is 3.82. The molecule has 0 saturated carbocycles. The van der Waals surface area contributed by atoms with E-state index in [-0.39, 0.29) is 12.6 Å². The van der Waals surface area contributed by atoms with Crippen molar-refractivity contribution in [3.8, 4) is 0 Å². The molecule has 1 unspecified atom stereocenters. The second-order valence-corrected chi connectivity index (χ2v) is 6.60. The molecule has 1 rings (SSSR count). The zero-order valence-corrected chi connectivity index (χ0v) is 13.2. The highest BCUT2D eigenvalue weighted by Crippen LogP contribution is 2.21. The summed E-state index contributed by atoms with van der Waals surface area (Å²) in [5.74, 6) is 0. The third-order valence-electron chi connectivity index (χ3n) is 3.73. The highest BCUT2D eigenvalue weighted by atomic mass is 19.4. The van der Waals surface area contributed by atoms with Gasteiger partial charge in [-0.2, -0.15) is 13.2 Å². The molecule has 0 radical (unpaired) electrons. The van der Waals surface area contributed by atoms with Crippen molar-refractivity contribution in [2.24, 2.45) is 0 Å². The Morgan fingerprint density at radius 2 is 1.81 bits per heavy atom. The third kappa shape index (κ3) is 8.60. The van der Waals surface area contributed by atoms with E-state index in [9.17, 15) is 18.3 Å². The van der Waals surface area contributed by atoms with Crippen molar-refractivity contribution in [3.63, 3.8) is 0 Å². The van der Waals surface area contributed by atoms with Gasteiger partial charge in [-0.25, -0.2) is 0 Å². The fourth-order valence-electron chi connectivity index (χ4n) is 2.75. The predicted octanol–water partition coefficient (Wildman–Crippen LogP) is 1.31. The molecule has 126 valence electrons. The van der Waals surface area contributed by atoms with Gasteiger partial charge in [0.15, 0.2) is 0 Å². The molecule has 4 nitrogen and oxygen atoms in total. The van der Waals surface area contributed by atoms with Crippen molar-refractivity contribution in [2.75, 3.05) is 46.8 Å². The molecule has 0 aromatic heterocycles. The minimum Gasteiger partial charge on any atom is -0.388 e. The Labute approximate surface area is 125 Å². The highest BCUT2D eigenvalue weighted by Gasteiger charge is 2.29. The molecule has 1 heterocycles. The van der Waals surface area contributed by atoms with E-state index >= 15 is 0 Å². The van der Waals surface area contributed by atoms with Gasteiger partial charge in [0.1, 0.15) is 0 Å². The molecule has 1 aliphatic rings. The fraction of sp³-hybridized carbons (Fsp3) is 1.00. The number of nitrogens with zero attached hydrogens (tertiary/aromatic N) is 2. The summed E-state index contributed by atoms with van der Waals surface area (Å²) in [5.41, 5.74) is -0.795. The number of piperidine rings is 1. The van der Waals surface area contributed by atoms with Crippen molar-refractivity contribution in [1.29, 1.82) is 0 Å². The van der Waals surface area contributed by atoms with Crippen LogP contribution in [0.25, 0.3) is 0 Å². The molecular formula is C14H28F3N3O. The minimum atomic E-state index is -4.07. The number of likely N-dealkylation sites (tertiary alicyclic amines) is 1. The van der Waals surface area contributed by atoms with Gasteiger partial charge in [-0.05, 0) is 47.0 Å². The van der Waals surface area contributed by atoms with Crippen LogP contribution in [0.3, 0.4) is 0 Å². The summed E-state index contributed by atoms with van der Waals surface area (Å²) < 4.78 is 36.5. The summed E-state index contributed by atoms with van der Waals surface area (Å²) in [6.07, 6.45) is -3.14. The Balaban J connectivity index is 2.21. The van der Waals surface area contributed by atoms with Crippen LogP contribution in [0.15, 0.2) is 0 Å². The van der Waals surface area contributed by atoms with Crippen LogP contribution in [0.1, 0.15) is 26.2 Å². The average Bonchev–Trinajstić information content (AvgIpc) is 2.33. The zero-order valence-electron chi connectivity index (χ0n) is 13.2. The number of rotatable bonds is 7. The molecule has 0 amide bonds. The van der Waals surface area contributed by atoms with Crippen LogP contribution in [0.4, 0.5) is 13.2 Å². The smallest absolute Gasteiger partial charge is 0.388 e. The van der Waals surface area contributed by atoms with Crippen LogP contribution < -0.4 is 5.32 Å². The lowest BCUT2D eigenvalue weighted by Gasteiger charge is -2.35. The standard InChI is InChI=1S/C14H28F3N3O/c1-13(21,11-19(2)3)10-18-12-4-7-20(8-5-12)9-6-14(15,16)17/h12,18,21H,4-11H2,1-3H3. The molecule has 1 atom stereocenters. The van der Waals surface area contributed by atoms with Crippen LogP contribution in [0.2, 0.25) is 0 Å². The number of halogens is 3. The van der Waals surface area contributed by atoms with Gasteiger partial charge in [-0.15, -0.1) is 0 Å². The zero-order chi connectivity index (χ0) is 16.1. The number of alkyl halides is 3. The van der Waals surface area contributed by atoms with Gasteiger partial charge < -0.3 is 20.2 Å². The van der Waals surface area contributed by atoms with Gasteiger partial charge in [0, 0.05) is 25.7 Å². The molecule has 0 aromatic rings. The van der Waals surface area contributed by atoms with Crippen LogP contribution in [-0.2, 0) is 0 Å². The van der Waals surface area contributed by atoms with Crippen LogP contribution in [-0.4, -0.2) is 79.5 Å². The minimum absolute atomic E-state index is 0.0918. The Hall–Kier alpha value is -0.370. The largest absolute Gasteiger partial charge is 0.390 e. The number of likely N-dealkylation sites (N-methyl/N-ethyl adjacent to an activating group) is 1. The van der Waals surface area contributed by atoms with Crippen LogP contribution in [0.5, 0.6) is 0 Å². The molecule has 0 spiro atoms. The van der Waals surface area contributed by atoms with Crippen LogP contribution in [0, 0.1) is 0 Å². The maximum absolute atomic E-state index is 12.2. The van der Waals surface area contributed by atoms with E-state index in [0.717, 1.165) is 12.8 Å². The highest BCUT2D eigenvalue weighted by molar-refractivity contribution is 4.83. The van der Waals surface area contributed by atoms with Crippen molar-refractivity contribution < 1.29 is 18.3 Å². The summed E-state index contributed by atoms with van der Waals surface area (Å²) in [6, 6.07) is 0.278. The maximum Gasteiger partial charge on any atom is 0.390 e. The van der Waals surface area contributed by atoms with Gasteiger partial charge >= 0.3 is 6.18 Å². The Morgan fingerprint density at radius 3 is 2.29 bits per heavy atom. The van der Waals surface area contributed by atoms with Gasteiger partial charge in [-0.3, -0.25) is 0 Å². The molecule has 21 heavy (non-hydrogen) atoms. The Bertz CT molecular complexity index is 300. The lowest BCUT2D eigenvalue weighted by atomic mass is 10.0. The first kappa shape index (κ1) is 18.7. The predicted molar refractivity (Wildman–Crippen MR) is 77.3 cm³/mol. The molecule has 0 bridgehead atoms. The first-order chi connectivity index (χ1) is 9.57. The van der Waals surface area contributed by atoms with Gasteiger partial charge in [0.05, 0.1) is 12.0 Å². The van der Waals surface area contributed by atoms with E-state index in [2.05, 4.69) is 5.32 Å². The monoisotopic (exact) mass is 311 g/mol. The lowest BCUT2D eigenvalue weighted by molar-refractivity contribution is -0.138. The van der Waals surface area contributed by atoms with Crippen LogP contribution >= 0.6 is 0 Å². The Kier molecular flexibility index (Phi) is 6.90. The second-order valence-electron chi connectivity index (χ2n) is 6.60.